The Hall–Kier alpha value is -4.22. The molecule has 1 aromatic carbocycles. The number of benzene rings is 1. The number of ether oxygens (including phenoxy) is 2. The molecular formula is C34H39F3N6O3. The van der Waals surface area contributed by atoms with Crippen molar-refractivity contribution in [3.63, 3.8) is 0 Å². The van der Waals surface area contributed by atoms with Gasteiger partial charge in [-0.2, -0.15) is 18.3 Å². The van der Waals surface area contributed by atoms with Gasteiger partial charge < -0.3 is 14.0 Å². The fourth-order valence-corrected chi connectivity index (χ4v) is 6.75. The average Bonchev–Trinajstić information content (AvgIpc) is 3.71. The van der Waals surface area contributed by atoms with Crippen molar-refractivity contribution in [3.8, 4) is 5.88 Å². The molecule has 2 aliphatic carbocycles. The van der Waals surface area contributed by atoms with E-state index < -0.39 is 11.7 Å². The minimum atomic E-state index is -4.46. The van der Waals surface area contributed by atoms with Gasteiger partial charge in [0.25, 0.3) is 0 Å². The quantitative estimate of drug-likeness (QED) is 0.168. The summed E-state index contributed by atoms with van der Waals surface area (Å²) in [6.45, 7) is 0.304. The van der Waals surface area contributed by atoms with E-state index in [1.807, 2.05) is 48.1 Å². The number of hydrogen-bond acceptors (Lipinski definition) is 7. The Balaban J connectivity index is 0.947. The highest BCUT2D eigenvalue weighted by molar-refractivity contribution is 5.69. The van der Waals surface area contributed by atoms with Gasteiger partial charge in [-0.25, -0.2) is 4.98 Å². The molecule has 0 saturated heterocycles. The maximum absolute atomic E-state index is 13.0. The molecule has 9 nitrogen and oxygen atoms in total. The van der Waals surface area contributed by atoms with Gasteiger partial charge in [-0.15, -0.1) is 10.2 Å². The molecule has 4 aromatic rings. The lowest BCUT2D eigenvalue weighted by molar-refractivity contribution is -0.146. The molecule has 2 saturated carbocycles. The van der Waals surface area contributed by atoms with Gasteiger partial charge in [-0.3, -0.25) is 9.48 Å². The van der Waals surface area contributed by atoms with Crippen molar-refractivity contribution in [1.82, 2.24) is 29.5 Å². The number of nitrogens with zero attached hydrogens (tertiary/aromatic N) is 6. The van der Waals surface area contributed by atoms with Crippen LogP contribution in [0.5, 0.6) is 5.88 Å². The van der Waals surface area contributed by atoms with Crippen molar-refractivity contribution in [3.05, 3.63) is 89.4 Å². The number of alkyl halides is 3. The molecule has 2 fully saturated rings. The van der Waals surface area contributed by atoms with Gasteiger partial charge in [0, 0.05) is 37.8 Å². The first-order valence-corrected chi connectivity index (χ1v) is 16.0. The van der Waals surface area contributed by atoms with Gasteiger partial charge in [0.1, 0.15) is 19.0 Å². The second-order valence-corrected chi connectivity index (χ2v) is 12.5. The van der Waals surface area contributed by atoms with E-state index in [1.165, 1.54) is 5.56 Å². The third-order valence-electron chi connectivity index (χ3n) is 9.48. The first-order valence-electron chi connectivity index (χ1n) is 16.0. The Bertz CT molecular complexity index is 1590. The Morgan fingerprint density at radius 1 is 0.935 bits per heavy atom. The minimum Gasteiger partial charge on any atom is -0.469 e. The maximum Gasteiger partial charge on any atom is 0.416 e. The zero-order valence-corrected chi connectivity index (χ0v) is 25.9. The lowest BCUT2D eigenvalue weighted by Crippen LogP contribution is -2.21. The van der Waals surface area contributed by atoms with Crippen LogP contribution in [-0.2, 0) is 36.0 Å². The molecule has 2 aliphatic rings. The van der Waals surface area contributed by atoms with E-state index in [2.05, 4.69) is 26.1 Å². The SMILES string of the molecule is Cn1c(COc2cc(C(F)(F)F)ccn2)nnc1C1CCC(c2cnn(C3CCC(CC(=O)OCc4ccccc4)CC3)c2)CC1. The minimum absolute atomic E-state index is 0.0212. The molecule has 0 N–H and O–H groups in total. The smallest absolute Gasteiger partial charge is 0.416 e. The maximum atomic E-state index is 13.0. The molecule has 0 radical (unpaired) electrons. The first kappa shape index (κ1) is 31.7. The van der Waals surface area contributed by atoms with Crippen LogP contribution < -0.4 is 4.74 Å². The molecule has 12 heteroatoms. The van der Waals surface area contributed by atoms with Crippen molar-refractivity contribution in [1.29, 1.82) is 0 Å². The fraction of sp³-hybridized carbons (Fsp3) is 0.500. The average molecular weight is 637 g/mol. The van der Waals surface area contributed by atoms with Crippen LogP contribution in [0.1, 0.15) is 104 Å². The number of aromatic nitrogens is 6. The lowest BCUT2D eigenvalue weighted by Gasteiger charge is -2.29. The number of hydrogen-bond donors (Lipinski definition) is 0. The van der Waals surface area contributed by atoms with E-state index in [1.54, 1.807) is 0 Å². The molecule has 244 valence electrons. The summed E-state index contributed by atoms with van der Waals surface area (Å²) in [5, 5.41) is 13.4. The Kier molecular flexibility index (Phi) is 9.70. The molecule has 0 spiro atoms. The highest BCUT2D eigenvalue weighted by Gasteiger charge is 2.32. The van der Waals surface area contributed by atoms with Crippen molar-refractivity contribution >= 4 is 5.97 Å². The number of halogens is 3. The van der Waals surface area contributed by atoms with Gasteiger partial charge in [0.2, 0.25) is 5.88 Å². The monoisotopic (exact) mass is 636 g/mol. The Morgan fingerprint density at radius 3 is 2.41 bits per heavy atom. The van der Waals surface area contributed by atoms with Gasteiger partial charge in [-0.1, -0.05) is 30.3 Å². The van der Waals surface area contributed by atoms with Gasteiger partial charge in [0.05, 0.1) is 17.8 Å². The summed E-state index contributed by atoms with van der Waals surface area (Å²) >= 11 is 0. The highest BCUT2D eigenvalue weighted by atomic mass is 19.4. The summed E-state index contributed by atoms with van der Waals surface area (Å²) in [6.07, 6.45) is 9.27. The zero-order chi connectivity index (χ0) is 32.1. The molecule has 46 heavy (non-hydrogen) atoms. The third-order valence-corrected chi connectivity index (χ3v) is 9.48. The van der Waals surface area contributed by atoms with Crippen LogP contribution in [-0.4, -0.2) is 35.5 Å². The van der Waals surface area contributed by atoms with E-state index in [4.69, 9.17) is 14.6 Å². The predicted molar refractivity (Wildman–Crippen MR) is 163 cm³/mol. The van der Waals surface area contributed by atoms with E-state index in [9.17, 15) is 18.0 Å². The standard InChI is InChI=1S/C34H39F3N6O3/c1-42-30(22-45-31-18-28(15-16-38-31)34(35,36)37)40-41-33(42)26-11-9-25(10-12-26)27-19-39-43(20-27)29-13-7-23(8-14-29)17-32(44)46-21-24-5-3-2-4-6-24/h2-6,15-16,18-20,23,25-26,29H,7-14,17,21-22H2,1H3. The van der Waals surface area contributed by atoms with Crippen LogP contribution in [0, 0.1) is 5.92 Å². The molecule has 0 unspecified atom stereocenters. The lowest BCUT2D eigenvalue weighted by atomic mass is 9.79. The second kappa shape index (κ2) is 14.0. The van der Waals surface area contributed by atoms with Crippen molar-refractivity contribution < 1.29 is 27.4 Å². The van der Waals surface area contributed by atoms with Crippen LogP contribution in [0.15, 0.2) is 61.1 Å². The predicted octanol–water partition coefficient (Wildman–Crippen LogP) is 7.31. The molecule has 3 aromatic heterocycles. The summed E-state index contributed by atoms with van der Waals surface area (Å²) < 4.78 is 54.0. The topological polar surface area (TPSA) is 97.0 Å². The highest BCUT2D eigenvalue weighted by Crippen LogP contribution is 2.41. The van der Waals surface area contributed by atoms with E-state index >= 15 is 0 Å². The molecule has 3 heterocycles. The molecule has 0 atom stereocenters. The van der Waals surface area contributed by atoms with Gasteiger partial charge >= 0.3 is 12.1 Å². The van der Waals surface area contributed by atoms with Crippen LogP contribution in [0.25, 0.3) is 0 Å². The number of pyridine rings is 1. The van der Waals surface area contributed by atoms with E-state index in [-0.39, 0.29) is 24.4 Å². The van der Waals surface area contributed by atoms with Crippen molar-refractivity contribution in [2.75, 3.05) is 0 Å². The van der Waals surface area contributed by atoms with Crippen molar-refractivity contribution in [2.45, 2.75) is 95.1 Å². The second-order valence-electron chi connectivity index (χ2n) is 12.5. The molecule has 0 bridgehead atoms. The first-order chi connectivity index (χ1) is 22.2. The molecule has 0 aliphatic heterocycles. The summed E-state index contributed by atoms with van der Waals surface area (Å²) in [7, 11) is 1.87. The number of esters is 1. The van der Waals surface area contributed by atoms with Gasteiger partial charge in [0.15, 0.2) is 5.82 Å². The molecule has 0 amide bonds. The van der Waals surface area contributed by atoms with E-state index in [0.29, 0.717) is 36.7 Å². The fourth-order valence-electron chi connectivity index (χ4n) is 6.75. The van der Waals surface area contributed by atoms with Crippen molar-refractivity contribution in [2.24, 2.45) is 13.0 Å². The summed E-state index contributed by atoms with van der Waals surface area (Å²) in [5.74, 6) is 2.22. The largest absolute Gasteiger partial charge is 0.469 e. The zero-order valence-electron chi connectivity index (χ0n) is 25.9. The summed E-state index contributed by atoms with van der Waals surface area (Å²) in [4.78, 5) is 16.3. The van der Waals surface area contributed by atoms with Crippen LogP contribution in [0.3, 0.4) is 0 Å². The number of carbonyl (C=O) groups excluding carboxylic acids is 1. The number of rotatable bonds is 10. The Morgan fingerprint density at radius 2 is 1.67 bits per heavy atom. The van der Waals surface area contributed by atoms with Crippen LogP contribution in [0.4, 0.5) is 13.2 Å². The summed E-state index contributed by atoms with van der Waals surface area (Å²) in [6, 6.07) is 11.9. The summed E-state index contributed by atoms with van der Waals surface area (Å²) in [5.41, 5.74) is 1.47. The Labute approximate surface area is 266 Å². The third kappa shape index (κ3) is 7.76. The van der Waals surface area contributed by atoms with Crippen LogP contribution in [0.2, 0.25) is 0 Å². The van der Waals surface area contributed by atoms with E-state index in [0.717, 1.165) is 81.1 Å². The number of carbonyl (C=O) groups is 1. The molecular weight excluding hydrogens is 597 g/mol. The van der Waals surface area contributed by atoms with Crippen LogP contribution >= 0.6 is 0 Å². The molecule has 6 rings (SSSR count). The normalized spacial score (nSPS) is 22.0. The van der Waals surface area contributed by atoms with Gasteiger partial charge in [-0.05, 0) is 80.4 Å².